The first kappa shape index (κ1) is 17.2. The van der Waals surface area contributed by atoms with Crippen molar-refractivity contribution < 1.29 is 13.5 Å². The second kappa shape index (κ2) is 7.38. The molecule has 0 fully saturated rings. The van der Waals surface area contributed by atoms with Gasteiger partial charge in [0.15, 0.2) is 0 Å². The Morgan fingerprint density at radius 2 is 1.87 bits per heavy atom. The summed E-state index contributed by atoms with van der Waals surface area (Å²) in [5.74, 6) is 0. The number of hydrogen-bond donors (Lipinski definition) is 2. The van der Waals surface area contributed by atoms with Crippen molar-refractivity contribution in [1.82, 2.24) is 4.72 Å². The molecule has 0 radical (unpaired) electrons. The van der Waals surface area contributed by atoms with Crippen LogP contribution in [0.2, 0.25) is 0 Å². The number of sulfonamides is 1. The monoisotopic (exact) mass is 330 g/mol. The fourth-order valence-electron chi connectivity index (χ4n) is 2.26. The van der Waals surface area contributed by atoms with Crippen LogP contribution < -0.4 is 4.72 Å². The minimum Gasteiger partial charge on any atom is -0.388 e. The van der Waals surface area contributed by atoms with Crippen LogP contribution in [0.3, 0.4) is 0 Å². The van der Waals surface area contributed by atoms with Crippen molar-refractivity contribution in [3.8, 4) is 6.07 Å². The highest BCUT2D eigenvalue weighted by Gasteiger charge is 2.20. The zero-order valence-corrected chi connectivity index (χ0v) is 13.5. The van der Waals surface area contributed by atoms with Gasteiger partial charge >= 0.3 is 0 Å². The summed E-state index contributed by atoms with van der Waals surface area (Å²) in [7, 11) is -3.73. The Morgan fingerprint density at radius 3 is 2.52 bits per heavy atom. The van der Waals surface area contributed by atoms with Crippen molar-refractivity contribution in [2.24, 2.45) is 0 Å². The molecule has 0 aliphatic carbocycles. The third kappa shape index (κ3) is 4.63. The summed E-state index contributed by atoms with van der Waals surface area (Å²) in [5, 5.41) is 19.0. The zero-order valence-electron chi connectivity index (χ0n) is 12.7. The van der Waals surface area contributed by atoms with Gasteiger partial charge in [0, 0.05) is 6.04 Å². The van der Waals surface area contributed by atoms with Crippen molar-refractivity contribution in [2.75, 3.05) is 0 Å². The molecule has 2 unspecified atom stereocenters. The zero-order chi connectivity index (χ0) is 16.9. The van der Waals surface area contributed by atoms with Crippen molar-refractivity contribution in [3.05, 3.63) is 65.7 Å². The number of aliphatic hydroxyl groups excluding tert-OH is 1. The summed E-state index contributed by atoms with van der Waals surface area (Å²) in [6, 6.07) is 16.4. The fourth-order valence-corrected chi connectivity index (χ4v) is 3.56. The SMILES string of the molecule is CC(CC(O)c1ccccc1)NS(=O)(=O)c1cccc(C#N)c1. The average Bonchev–Trinajstić information content (AvgIpc) is 2.55. The molecule has 0 saturated heterocycles. The standard InChI is InChI=1S/C17H18N2O3S/c1-13(10-17(20)15-7-3-2-4-8-15)19-23(21,22)16-9-5-6-14(11-16)12-18/h2-9,11,13,17,19-20H,10H2,1H3. The molecule has 6 heteroatoms. The van der Waals surface area contributed by atoms with E-state index in [1.165, 1.54) is 18.2 Å². The number of nitrogens with one attached hydrogen (secondary N) is 1. The smallest absolute Gasteiger partial charge is 0.240 e. The van der Waals surface area contributed by atoms with Gasteiger partial charge in [0.2, 0.25) is 10.0 Å². The first-order chi connectivity index (χ1) is 10.9. The number of rotatable bonds is 6. The van der Waals surface area contributed by atoms with E-state index in [4.69, 9.17) is 5.26 Å². The topological polar surface area (TPSA) is 90.2 Å². The van der Waals surface area contributed by atoms with Crippen LogP contribution in [0.1, 0.15) is 30.6 Å². The molecule has 0 aliphatic heterocycles. The van der Waals surface area contributed by atoms with Crippen LogP contribution in [0.5, 0.6) is 0 Å². The molecule has 0 aliphatic rings. The number of benzene rings is 2. The summed E-state index contributed by atoms with van der Waals surface area (Å²) in [5.41, 5.74) is 1.02. The van der Waals surface area contributed by atoms with Crippen molar-refractivity contribution >= 4 is 10.0 Å². The lowest BCUT2D eigenvalue weighted by Crippen LogP contribution is -2.33. The first-order valence-electron chi connectivity index (χ1n) is 7.18. The molecule has 2 atom stereocenters. The van der Waals surface area contributed by atoms with Gasteiger partial charge in [-0.1, -0.05) is 36.4 Å². The maximum absolute atomic E-state index is 12.3. The van der Waals surface area contributed by atoms with Crippen molar-refractivity contribution in [2.45, 2.75) is 30.4 Å². The van der Waals surface area contributed by atoms with E-state index in [0.717, 1.165) is 5.56 Å². The lowest BCUT2D eigenvalue weighted by Gasteiger charge is -2.18. The van der Waals surface area contributed by atoms with Crippen LogP contribution in [0.15, 0.2) is 59.5 Å². The molecule has 0 spiro atoms. The second-order valence-corrected chi connectivity index (χ2v) is 7.04. The second-order valence-electron chi connectivity index (χ2n) is 5.32. The van der Waals surface area contributed by atoms with Crippen LogP contribution in [-0.2, 0) is 10.0 Å². The van der Waals surface area contributed by atoms with E-state index in [0.29, 0.717) is 0 Å². The molecule has 2 aromatic rings. The molecule has 2 rings (SSSR count). The molecule has 120 valence electrons. The largest absolute Gasteiger partial charge is 0.388 e. The van der Waals surface area contributed by atoms with E-state index >= 15 is 0 Å². The van der Waals surface area contributed by atoms with E-state index in [1.54, 1.807) is 25.1 Å². The van der Waals surface area contributed by atoms with Gasteiger partial charge in [-0.15, -0.1) is 0 Å². The van der Waals surface area contributed by atoms with Gasteiger partial charge in [0.05, 0.1) is 22.6 Å². The van der Waals surface area contributed by atoms with E-state index in [2.05, 4.69) is 4.72 Å². The Morgan fingerprint density at radius 1 is 1.17 bits per heavy atom. The molecule has 0 heterocycles. The highest BCUT2D eigenvalue weighted by molar-refractivity contribution is 7.89. The molecule has 2 N–H and O–H groups in total. The van der Waals surface area contributed by atoms with Crippen molar-refractivity contribution in [1.29, 1.82) is 5.26 Å². The Kier molecular flexibility index (Phi) is 5.50. The first-order valence-corrected chi connectivity index (χ1v) is 8.66. The molecule has 0 bridgehead atoms. The molecule has 0 amide bonds. The summed E-state index contributed by atoms with van der Waals surface area (Å²) >= 11 is 0. The highest BCUT2D eigenvalue weighted by Crippen LogP contribution is 2.19. The van der Waals surface area contributed by atoms with Gasteiger partial charge in [-0.2, -0.15) is 5.26 Å². The number of nitriles is 1. The van der Waals surface area contributed by atoms with Crippen LogP contribution in [0, 0.1) is 11.3 Å². The van der Waals surface area contributed by atoms with Gasteiger partial charge in [-0.3, -0.25) is 0 Å². The minimum absolute atomic E-state index is 0.0394. The van der Waals surface area contributed by atoms with E-state index in [1.807, 2.05) is 24.3 Å². The molecule has 0 saturated carbocycles. The predicted octanol–water partition coefficient (Wildman–Crippen LogP) is 2.35. The van der Waals surface area contributed by atoms with E-state index in [-0.39, 0.29) is 16.9 Å². The Labute approximate surface area is 136 Å². The van der Waals surface area contributed by atoms with Crippen LogP contribution in [0.25, 0.3) is 0 Å². The predicted molar refractivity (Wildman–Crippen MR) is 87.0 cm³/mol. The fraction of sp³-hybridized carbons (Fsp3) is 0.235. The third-order valence-corrected chi connectivity index (χ3v) is 4.98. The average molecular weight is 330 g/mol. The summed E-state index contributed by atoms with van der Waals surface area (Å²) in [6.07, 6.45) is -0.499. The molecular formula is C17H18N2O3S. The van der Waals surface area contributed by atoms with Gasteiger partial charge in [0.25, 0.3) is 0 Å². The van der Waals surface area contributed by atoms with Crippen LogP contribution in [-0.4, -0.2) is 19.6 Å². The summed E-state index contributed by atoms with van der Waals surface area (Å²) < 4.78 is 27.2. The van der Waals surface area contributed by atoms with Gasteiger partial charge in [0.1, 0.15) is 0 Å². The molecule has 0 aromatic heterocycles. The third-order valence-electron chi connectivity index (χ3n) is 3.39. The quantitative estimate of drug-likeness (QED) is 0.850. The summed E-state index contributed by atoms with van der Waals surface area (Å²) in [6.45, 7) is 1.69. The molecule has 2 aromatic carbocycles. The van der Waals surface area contributed by atoms with Crippen LogP contribution >= 0.6 is 0 Å². The lowest BCUT2D eigenvalue weighted by atomic mass is 10.0. The van der Waals surface area contributed by atoms with E-state index < -0.39 is 22.2 Å². The minimum atomic E-state index is -3.73. The van der Waals surface area contributed by atoms with Gasteiger partial charge in [-0.25, -0.2) is 13.1 Å². The normalized spacial score (nSPS) is 14.0. The van der Waals surface area contributed by atoms with Crippen LogP contribution in [0.4, 0.5) is 0 Å². The molecule has 23 heavy (non-hydrogen) atoms. The van der Waals surface area contributed by atoms with Gasteiger partial charge in [-0.05, 0) is 37.1 Å². The molecular weight excluding hydrogens is 312 g/mol. The number of aliphatic hydroxyl groups is 1. The lowest BCUT2D eigenvalue weighted by molar-refractivity contribution is 0.158. The van der Waals surface area contributed by atoms with Crippen molar-refractivity contribution in [3.63, 3.8) is 0 Å². The maximum atomic E-state index is 12.3. The Balaban J connectivity index is 2.06. The number of nitrogens with zero attached hydrogens (tertiary/aromatic N) is 1. The number of hydrogen-bond acceptors (Lipinski definition) is 4. The van der Waals surface area contributed by atoms with E-state index in [9.17, 15) is 13.5 Å². The maximum Gasteiger partial charge on any atom is 0.240 e. The Hall–Kier alpha value is -2.20. The summed E-state index contributed by atoms with van der Waals surface area (Å²) in [4.78, 5) is 0.0394. The van der Waals surface area contributed by atoms with Gasteiger partial charge < -0.3 is 5.11 Å². The molecule has 5 nitrogen and oxygen atoms in total. The highest BCUT2D eigenvalue weighted by atomic mass is 32.2. The Bertz CT molecular complexity index is 798.